The van der Waals surface area contributed by atoms with E-state index in [1.54, 1.807) is 13.0 Å². The van der Waals surface area contributed by atoms with Crippen LogP contribution < -0.4 is 11.5 Å². The van der Waals surface area contributed by atoms with Crippen molar-refractivity contribution in [1.29, 1.82) is 0 Å². The van der Waals surface area contributed by atoms with Crippen molar-refractivity contribution in [3.05, 3.63) is 23.8 Å². The van der Waals surface area contributed by atoms with Gasteiger partial charge in [0.2, 0.25) is 0 Å². The van der Waals surface area contributed by atoms with E-state index in [2.05, 4.69) is 0 Å². The number of ether oxygens (including phenoxy) is 1. The van der Waals surface area contributed by atoms with Crippen LogP contribution >= 0.6 is 0 Å². The van der Waals surface area contributed by atoms with E-state index in [4.69, 9.17) is 21.3 Å². The maximum Gasteiger partial charge on any atom is 0.338 e. The van der Waals surface area contributed by atoms with Crippen LogP contribution in [0.1, 0.15) is 23.7 Å². The van der Waals surface area contributed by atoms with E-state index in [1.165, 1.54) is 12.1 Å². The lowest BCUT2D eigenvalue weighted by molar-refractivity contribution is 0.0444. The first kappa shape index (κ1) is 12.3. The highest BCUT2D eigenvalue weighted by Gasteiger charge is 2.09. The molecule has 0 fully saturated rings. The van der Waals surface area contributed by atoms with Crippen LogP contribution in [0, 0.1) is 0 Å². The fourth-order valence-electron chi connectivity index (χ4n) is 1.20. The zero-order valence-electron chi connectivity index (χ0n) is 9.14. The van der Waals surface area contributed by atoms with Crippen LogP contribution in [0.2, 0.25) is 0 Å². The van der Waals surface area contributed by atoms with Crippen molar-refractivity contribution in [2.75, 3.05) is 18.1 Å². The first-order valence-corrected chi connectivity index (χ1v) is 5.00. The Labute approximate surface area is 94.0 Å². The molecule has 5 N–H and O–H groups in total. The van der Waals surface area contributed by atoms with Gasteiger partial charge in [0.1, 0.15) is 0 Å². The Hall–Kier alpha value is -1.75. The molecule has 0 amide bonds. The van der Waals surface area contributed by atoms with Crippen LogP contribution in [0.25, 0.3) is 0 Å². The monoisotopic (exact) mass is 224 g/mol. The molecule has 1 unspecified atom stereocenters. The molecular weight excluding hydrogens is 208 g/mol. The van der Waals surface area contributed by atoms with Crippen LogP contribution in [0.4, 0.5) is 11.4 Å². The van der Waals surface area contributed by atoms with Gasteiger partial charge >= 0.3 is 5.97 Å². The van der Waals surface area contributed by atoms with Gasteiger partial charge in [-0.05, 0) is 25.1 Å². The normalized spacial score (nSPS) is 12.1. The number of nitrogen functional groups attached to an aromatic ring is 2. The lowest BCUT2D eigenvalue weighted by atomic mass is 10.2. The molecule has 0 aliphatic heterocycles. The summed E-state index contributed by atoms with van der Waals surface area (Å²) >= 11 is 0. The third-order valence-electron chi connectivity index (χ3n) is 1.98. The fourth-order valence-corrected chi connectivity index (χ4v) is 1.20. The molecule has 16 heavy (non-hydrogen) atoms. The van der Waals surface area contributed by atoms with E-state index >= 15 is 0 Å². The number of hydrogen-bond donors (Lipinski definition) is 3. The number of aliphatic hydroxyl groups is 1. The van der Waals surface area contributed by atoms with Gasteiger partial charge in [-0.3, -0.25) is 0 Å². The number of rotatable bonds is 4. The second-order valence-electron chi connectivity index (χ2n) is 3.66. The third-order valence-corrected chi connectivity index (χ3v) is 1.98. The largest absolute Gasteiger partial charge is 0.462 e. The summed E-state index contributed by atoms with van der Waals surface area (Å²) < 4.78 is 4.94. The van der Waals surface area contributed by atoms with Gasteiger partial charge in [0, 0.05) is 17.8 Å². The van der Waals surface area contributed by atoms with Gasteiger partial charge < -0.3 is 21.3 Å². The molecule has 0 saturated carbocycles. The van der Waals surface area contributed by atoms with Gasteiger partial charge in [0.15, 0.2) is 0 Å². The zero-order chi connectivity index (χ0) is 12.1. The van der Waals surface area contributed by atoms with Crippen molar-refractivity contribution in [3.8, 4) is 0 Å². The van der Waals surface area contributed by atoms with E-state index in [-0.39, 0.29) is 6.61 Å². The van der Waals surface area contributed by atoms with Crippen molar-refractivity contribution < 1.29 is 14.6 Å². The van der Waals surface area contributed by atoms with Crippen LogP contribution in [-0.4, -0.2) is 23.8 Å². The van der Waals surface area contributed by atoms with E-state index in [1.807, 2.05) is 0 Å². The van der Waals surface area contributed by atoms with Crippen molar-refractivity contribution >= 4 is 17.3 Å². The van der Waals surface area contributed by atoms with Crippen LogP contribution in [-0.2, 0) is 4.74 Å². The standard InChI is InChI=1S/C11H16N2O3/c1-7(14)2-3-16-11(15)8-4-9(12)6-10(13)5-8/h4-7,14H,2-3,12-13H2,1H3. The number of esters is 1. The zero-order valence-corrected chi connectivity index (χ0v) is 9.14. The minimum atomic E-state index is -0.487. The van der Waals surface area contributed by atoms with Crippen molar-refractivity contribution in [3.63, 3.8) is 0 Å². The fraction of sp³-hybridized carbons (Fsp3) is 0.364. The smallest absolute Gasteiger partial charge is 0.338 e. The molecule has 0 aliphatic rings. The summed E-state index contributed by atoms with van der Waals surface area (Å²) in [7, 11) is 0. The maximum absolute atomic E-state index is 11.5. The summed E-state index contributed by atoms with van der Waals surface area (Å²) in [5.41, 5.74) is 12.3. The molecule has 0 aromatic heterocycles. The molecular formula is C11H16N2O3. The number of carbonyl (C=O) groups is 1. The average Bonchev–Trinajstić information content (AvgIpc) is 2.15. The molecule has 1 atom stereocenters. The molecule has 5 heteroatoms. The Morgan fingerprint density at radius 3 is 2.44 bits per heavy atom. The predicted octanol–water partition coefficient (Wildman–Crippen LogP) is 0.779. The maximum atomic E-state index is 11.5. The lowest BCUT2D eigenvalue weighted by Gasteiger charge is -2.07. The van der Waals surface area contributed by atoms with E-state index < -0.39 is 12.1 Å². The van der Waals surface area contributed by atoms with E-state index in [0.29, 0.717) is 23.4 Å². The minimum Gasteiger partial charge on any atom is -0.462 e. The molecule has 88 valence electrons. The van der Waals surface area contributed by atoms with Gasteiger partial charge in [-0.2, -0.15) is 0 Å². The van der Waals surface area contributed by atoms with Gasteiger partial charge in [-0.25, -0.2) is 4.79 Å². The number of carbonyl (C=O) groups excluding carboxylic acids is 1. The van der Waals surface area contributed by atoms with E-state index in [0.717, 1.165) is 0 Å². The van der Waals surface area contributed by atoms with Gasteiger partial charge in [0.25, 0.3) is 0 Å². The third kappa shape index (κ3) is 3.78. The lowest BCUT2D eigenvalue weighted by Crippen LogP contribution is -2.11. The minimum absolute atomic E-state index is 0.172. The SMILES string of the molecule is CC(O)CCOC(=O)c1cc(N)cc(N)c1. The molecule has 0 radical (unpaired) electrons. The van der Waals surface area contributed by atoms with Gasteiger partial charge in [-0.1, -0.05) is 0 Å². The molecule has 5 nitrogen and oxygen atoms in total. The predicted molar refractivity (Wildman–Crippen MR) is 61.8 cm³/mol. The molecule has 1 aromatic carbocycles. The Morgan fingerprint density at radius 2 is 1.94 bits per heavy atom. The summed E-state index contributed by atoms with van der Waals surface area (Å²) in [6.45, 7) is 1.80. The van der Waals surface area contributed by atoms with Gasteiger partial charge in [-0.15, -0.1) is 0 Å². The van der Waals surface area contributed by atoms with Crippen LogP contribution in [0.5, 0.6) is 0 Å². The summed E-state index contributed by atoms with van der Waals surface area (Å²) in [5.74, 6) is -0.486. The van der Waals surface area contributed by atoms with Gasteiger partial charge in [0.05, 0.1) is 18.3 Å². The molecule has 0 saturated heterocycles. The number of hydrogen-bond acceptors (Lipinski definition) is 5. The second-order valence-corrected chi connectivity index (χ2v) is 3.66. The topological polar surface area (TPSA) is 98.6 Å². The van der Waals surface area contributed by atoms with Crippen molar-refractivity contribution in [2.45, 2.75) is 19.4 Å². The highest BCUT2D eigenvalue weighted by Crippen LogP contribution is 2.14. The Morgan fingerprint density at radius 1 is 1.38 bits per heavy atom. The molecule has 1 aromatic rings. The number of aliphatic hydroxyl groups excluding tert-OH is 1. The van der Waals surface area contributed by atoms with Crippen LogP contribution in [0.3, 0.4) is 0 Å². The highest BCUT2D eigenvalue weighted by molar-refractivity contribution is 5.91. The number of anilines is 2. The summed E-state index contributed by atoms with van der Waals surface area (Å²) in [5, 5.41) is 8.99. The van der Waals surface area contributed by atoms with E-state index in [9.17, 15) is 4.79 Å². The Bertz CT molecular complexity index is 357. The summed E-state index contributed by atoms with van der Waals surface area (Å²) in [6, 6.07) is 4.56. The summed E-state index contributed by atoms with van der Waals surface area (Å²) in [6.07, 6.45) is -0.0810. The number of nitrogens with two attached hydrogens (primary N) is 2. The second kappa shape index (κ2) is 5.37. The quantitative estimate of drug-likeness (QED) is 0.518. The first-order chi connectivity index (χ1) is 7.49. The van der Waals surface area contributed by atoms with Crippen molar-refractivity contribution in [1.82, 2.24) is 0 Å². The highest BCUT2D eigenvalue weighted by atomic mass is 16.5. The molecule has 0 bridgehead atoms. The molecule has 0 spiro atoms. The first-order valence-electron chi connectivity index (χ1n) is 5.00. The number of benzene rings is 1. The Balaban J connectivity index is 2.59. The molecule has 0 aliphatic carbocycles. The Kier molecular flexibility index (Phi) is 4.13. The molecule has 1 rings (SSSR count). The average molecular weight is 224 g/mol. The van der Waals surface area contributed by atoms with Crippen LogP contribution in [0.15, 0.2) is 18.2 Å². The molecule has 0 heterocycles. The summed E-state index contributed by atoms with van der Waals surface area (Å²) in [4.78, 5) is 11.5. The van der Waals surface area contributed by atoms with Crippen molar-refractivity contribution in [2.24, 2.45) is 0 Å².